The fourth-order valence-electron chi connectivity index (χ4n) is 2.86. The molecule has 29 heavy (non-hydrogen) atoms. The van der Waals surface area contributed by atoms with Crippen LogP contribution < -0.4 is 4.74 Å². The van der Waals surface area contributed by atoms with Gasteiger partial charge in [-0.25, -0.2) is 27.2 Å². The van der Waals surface area contributed by atoms with Crippen LogP contribution in [0.25, 0.3) is 22.3 Å². The van der Waals surface area contributed by atoms with Crippen LogP contribution in [0.5, 0.6) is 11.6 Å². The lowest BCUT2D eigenvalue weighted by atomic mass is 10.0. The number of fused-ring (bicyclic) bond motifs is 1. The molecule has 2 aromatic heterocycles. The van der Waals surface area contributed by atoms with E-state index in [1.165, 1.54) is 18.5 Å². The van der Waals surface area contributed by atoms with Gasteiger partial charge in [0.1, 0.15) is 17.5 Å². The van der Waals surface area contributed by atoms with Crippen molar-refractivity contribution in [2.24, 2.45) is 0 Å². The largest absolute Gasteiger partial charge is 0.435 e. The van der Waals surface area contributed by atoms with Crippen LogP contribution in [0.2, 0.25) is 0 Å². The van der Waals surface area contributed by atoms with Crippen LogP contribution in [0.1, 0.15) is 5.56 Å². The predicted octanol–water partition coefficient (Wildman–Crippen LogP) is 3.80. The Morgan fingerprint density at radius 1 is 1.07 bits per heavy atom. The van der Waals surface area contributed by atoms with E-state index in [0.717, 1.165) is 24.0 Å². The van der Waals surface area contributed by atoms with Crippen molar-refractivity contribution in [3.63, 3.8) is 0 Å². The average Bonchev–Trinajstić information content (AvgIpc) is 3.08. The molecule has 0 spiro atoms. The molecule has 0 saturated carbocycles. The number of ether oxygens (including phenoxy) is 1. The first kappa shape index (κ1) is 18.9. The second-order valence-electron chi connectivity index (χ2n) is 6.40. The molecular weight excluding hydrogens is 402 g/mol. The van der Waals surface area contributed by atoms with E-state index in [1.54, 1.807) is 13.0 Å². The van der Waals surface area contributed by atoms with Crippen LogP contribution in [0.4, 0.5) is 8.78 Å². The van der Waals surface area contributed by atoms with Crippen LogP contribution >= 0.6 is 0 Å². The molecule has 0 amide bonds. The van der Waals surface area contributed by atoms with Gasteiger partial charge in [-0.1, -0.05) is 6.07 Å². The molecule has 0 aliphatic rings. The SMILES string of the molecule is Cc1ccc(S(C)(=O)=O)cc1-c1[nH]nc2ncnc(Oc3ccc(F)cc3F)c12. The van der Waals surface area contributed by atoms with Crippen molar-refractivity contribution in [1.29, 1.82) is 0 Å². The first-order chi connectivity index (χ1) is 13.7. The van der Waals surface area contributed by atoms with Gasteiger partial charge in [0.2, 0.25) is 5.88 Å². The van der Waals surface area contributed by atoms with E-state index in [0.29, 0.717) is 22.7 Å². The van der Waals surface area contributed by atoms with Crippen molar-refractivity contribution in [2.75, 3.05) is 6.26 Å². The number of aryl methyl sites for hydroxylation is 1. The topological polar surface area (TPSA) is 97.8 Å². The predicted molar refractivity (Wildman–Crippen MR) is 101 cm³/mol. The smallest absolute Gasteiger partial charge is 0.234 e. The third-order valence-corrected chi connectivity index (χ3v) is 5.43. The van der Waals surface area contributed by atoms with E-state index >= 15 is 0 Å². The number of nitrogens with zero attached hydrogens (tertiary/aromatic N) is 3. The fraction of sp³-hybridized carbons (Fsp3) is 0.105. The Morgan fingerprint density at radius 2 is 1.86 bits per heavy atom. The molecule has 148 valence electrons. The van der Waals surface area contributed by atoms with Gasteiger partial charge in [-0.15, -0.1) is 0 Å². The van der Waals surface area contributed by atoms with Gasteiger partial charge in [-0.2, -0.15) is 5.10 Å². The highest BCUT2D eigenvalue weighted by atomic mass is 32.2. The van der Waals surface area contributed by atoms with Crippen LogP contribution in [0.3, 0.4) is 0 Å². The first-order valence-electron chi connectivity index (χ1n) is 8.37. The van der Waals surface area contributed by atoms with Gasteiger partial charge in [0, 0.05) is 17.9 Å². The zero-order chi connectivity index (χ0) is 20.8. The lowest BCUT2D eigenvalue weighted by Gasteiger charge is -2.10. The average molecular weight is 416 g/mol. The number of nitrogens with one attached hydrogen (secondary N) is 1. The molecule has 4 rings (SSSR count). The summed E-state index contributed by atoms with van der Waals surface area (Å²) in [7, 11) is -3.44. The van der Waals surface area contributed by atoms with Crippen LogP contribution in [-0.4, -0.2) is 34.8 Å². The summed E-state index contributed by atoms with van der Waals surface area (Å²) >= 11 is 0. The van der Waals surface area contributed by atoms with Crippen molar-refractivity contribution in [1.82, 2.24) is 20.2 Å². The van der Waals surface area contributed by atoms with Crippen molar-refractivity contribution in [3.8, 4) is 22.9 Å². The molecule has 0 atom stereocenters. The Kier molecular flexibility index (Phi) is 4.50. The molecule has 7 nitrogen and oxygen atoms in total. The van der Waals surface area contributed by atoms with Crippen molar-refractivity contribution >= 4 is 20.9 Å². The molecule has 10 heteroatoms. The Labute approximate surface area is 164 Å². The molecule has 0 aliphatic carbocycles. The summed E-state index contributed by atoms with van der Waals surface area (Å²) in [6.45, 7) is 1.80. The van der Waals surface area contributed by atoms with Gasteiger partial charge in [0.15, 0.2) is 27.1 Å². The number of aromatic nitrogens is 4. The summed E-state index contributed by atoms with van der Waals surface area (Å²) < 4.78 is 56.7. The molecule has 0 bridgehead atoms. The van der Waals surface area contributed by atoms with Crippen LogP contribution in [-0.2, 0) is 9.84 Å². The van der Waals surface area contributed by atoms with Crippen LogP contribution in [0, 0.1) is 18.6 Å². The zero-order valence-corrected chi connectivity index (χ0v) is 16.1. The van der Waals surface area contributed by atoms with E-state index in [2.05, 4.69) is 20.2 Å². The molecule has 0 unspecified atom stereocenters. The summed E-state index contributed by atoms with van der Waals surface area (Å²) in [5.41, 5.74) is 1.98. The number of hydrogen-bond acceptors (Lipinski definition) is 6. The number of benzene rings is 2. The summed E-state index contributed by atoms with van der Waals surface area (Å²) in [6.07, 6.45) is 2.31. The van der Waals surface area contributed by atoms with Crippen LogP contribution in [0.15, 0.2) is 47.6 Å². The molecule has 0 saturated heterocycles. The number of H-pyrrole nitrogens is 1. The zero-order valence-electron chi connectivity index (χ0n) is 15.3. The maximum atomic E-state index is 14.0. The Morgan fingerprint density at radius 3 is 2.59 bits per heavy atom. The second-order valence-corrected chi connectivity index (χ2v) is 8.42. The van der Waals surface area contributed by atoms with Gasteiger partial charge >= 0.3 is 0 Å². The molecule has 0 radical (unpaired) electrons. The maximum absolute atomic E-state index is 14.0. The van der Waals surface area contributed by atoms with E-state index < -0.39 is 21.5 Å². The third kappa shape index (κ3) is 3.54. The summed E-state index contributed by atoms with van der Waals surface area (Å²) in [4.78, 5) is 8.24. The number of aromatic amines is 1. The first-order valence-corrected chi connectivity index (χ1v) is 10.3. The van der Waals surface area contributed by atoms with Gasteiger partial charge in [-0.3, -0.25) is 5.10 Å². The lowest BCUT2D eigenvalue weighted by molar-refractivity contribution is 0.427. The number of hydrogen-bond donors (Lipinski definition) is 1. The van der Waals surface area contributed by atoms with E-state index in [1.807, 2.05) is 0 Å². The lowest BCUT2D eigenvalue weighted by Crippen LogP contribution is -1.99. The van der Waals surface area contributed by atoms with E-state index in [4.69, 9.17) is 4.74 Å². The molecule has 0 fully saturated rings. The normalized spacial score (nSPS) is 11.7. The second kappa shape index (κ2) is 6.89. The minimum Gasteiger partial charge on any atom is -0.435 e. The Hall–Kier alpha value is -3.40. The molecular formula is C19H14F2N4O3S. The molecule has 4 aromatic rings. The van der Waals surface area contributed by atoms with Gasteiger partial charge in [0.05, 0.1) is 10.6 Å². The number of sulfone groups is 1. The minimum atomic E-state index is -3.44. The minimum absolute atomic E-state index is 0.00610. The van der Waals surface area contributed by atoms with Crippen molar-refractivity contribution in [3.05, 3.63) is 59.9 Å². The summed E-state index contributed by atoms with van der Waals surface area (Å²) in [5, 5.41) is 7.26. The highest BCUT2D eigenvalue weighted by Gasteiger charge is 2.20. The Bertz CT molecular complexity index is 1350. The Balaban J connectivity index is 1.90. The monoisotopic (exact) mass is 416 g/mol. The van der Waals surface area contributed by atoms with Crippen molar-refractivity contribution in [2.45, 2.75) is 11.8 Å². The summed E-state index contributed by atoms with van der Waals surface area (Å²) in [6, 6.07) is 7.59. The van der Waals surface area contributed by atoms with Gasteiger partial charge < -0.3 is 4.74 Å². The standard InChI is InChI=1S/C19H14F2N4O3S/c1-10-3-5-12(29(2,26)27)8-13(10)17-16-18(25-24-17)22-9-23-19(16)28-15-6-4-11(20)7-14(15)21/h3-9H,1-2H3,(H,22,23,24,25). The third-order valence-electron chi connectivity index (χ3n) is 4.32. The van der Waals surface area contributed by atoms with E-state index in [-0.39, 0.29) is 22.2 Å². The highest BCUT2D eigenvalue weighted by molar-refractivity contribution is 7.90. The molecule has 0 aliphatic heterocycles. The van der Waals surface area contributed by atoms with Gasteiger partial charge in [-0.05, 0) is 36.8 Å². The number of rotatable bonds is 4. The molecule has 1 N–H and O–H groups in total. The maximum Gasteiger partial charge on any atom is 0.234 e. The summed E-state index contributed by atoms with van der Waals surface area (Å²) in [5.74, 6) is -1.86. The quantitative estimate of drug-likeness (QED) is 0.543. The number of halogens is 2. The fourth-order valence-corrected chi connectivity index (χ4v) is 3.51. The van der Waals surface area contributed by atoms with E-state index in [9.17, 15) is 17.2 Å². The van der Waals surface area contributed by atoms with Crippen molar-refractivity contribution < 1.29 is 21.9 Å². The molecule has 2 aromatic carbocycles. The van der Waals surface area contributed by atoms with Gasteiger partial charge in [0.25, 0.3) is 0 Å². The highest BCUT2D eigenvalue weighted by Crippen LogP contribution is 2.36. The molecule has 2 heterocycles.